The Labute approximate surface area is 133 Å². The summed E-state index contributed by atoms with van der Waals surface area (Å²) in [5.41, 5.74) is 0.650. The maximum Gasteiger partial charge on any atom is 0.319 e. The molecule has 0 spiro atoms. The maximum absolute atomic E-state index is 11.8. The molecule has 0 bridgehead atoms. The van der Waals surface area contributed by atoms with Gasteiger partial charge in [-0.15, -0.1) is 11.8 Å². The Kier molecular flexibility index (Phi) is 7.39. The average molecular weight is 331 g/mol. The third-order valence-corrected chi connectivity index (χ3v) is 4.00. The molecule has 0 saturated carbocycles. The number of carboxylic acid groups (broad SMARTS) is 1. The first-order valence-corrected chi connectivity index (χ1v) is 7.87. The van der Waals surface area contributed by atoms with E-state index in [4.69, 9.17) is 16.7 Å². The molecule has 1 aromatic rings. The van der Waals surface area contributed by atoms with Gasteiger partial charge < -0.3 is 15.7 Å². The molecule has 0 heterocycles. The summed E-state index contributed by atoms with van der Waals surface area (Å²) in [6.07, 6.45) is 0.428. The Morgan fingerprint density at radius 2 is 2.10 bits per heavy atom. The first-order chi connectivity index (χ1) is 9.90. The van der Waals surface area contributed by atoms with Crippen molar-refractivity contribution in [2.75, 3.05) is 11.9 Å². The Balaban J connectivity index is 2.59. The molecule has 1 rings (SSSR count). The van der Waals surface area contributed by atoms with Crippen molar-refractivity contribution in [3.63, 3.8) is 0 Å². The number of urea groups is 1. The molecule has 2 amide bonds. The highest BCUT2D eigenvalue weighted by atomic mass is 35.5. The van der Waals surface area contributed by atoms with Crippen molar-refractivity contribution >= 4 is 41.1 Å². The van der Waals surface area contributed by atoms with Gasteiger partial charge in [-0.25, -0.2) is 4.79 Å². The molecule has 0 aliphatic carbocycles. The van der Waals surface area contributed by atoms with E-state index in [0.29, 0.717) is 28.9 Å². The summed E-state index contributed by atoms with van der Waals surface area (Å²) in [7, 11) is 0. The summed E-state index contributed by atoms with van der Waals surface area (Å²) in [4.78, 5) is 23.0. The van der Waals surface area contributed by atoms with E-state index in [-0.39, 0.29) is 12.5 Å². The predicted molar refractivity (Wildman–Crippen MR) is 86.3 cm³/mol. The number of nitrogens with one attached hydrogen (secondary N) is 2. The molecule has 5 nitrogen and oxygen atoms in total. The van der Waals surface area contributed by atoms with Crippen molar-refractivity contribution in [3.8, 4) is 0 Å². The third kappa shape index (κ3) is 6.73. The molecule has 0 aromatic heterocycles. The maximum atomic E-state index is 11.8. The summed E-state index contributed by atoms with van der Waals surface area (Å²) in [6, 6.07) is 4.97. The molecule has 21 heavy (non-hydrogen) atoms. The lowest BCUT2D eigenvalue weighted by atomic mass is 10.3. The SMILES string of the molecule is CC(C)Sc1c(Cl)cccc1NC(=O)NCCCC(=O)O. The van der Waals surface area contributed by atoms with Gasteiger partial charge in [0.2, 0.25) is 0 Å². The second-order valence-electron chi connectivity index (χ2n) is 4.66. The molecule has 0 unspecified atom stereocenters. The van der Waals surface area contributed by atoms with Gasteiger partial charge in [-0.3, -0.25) is 4.79 Å². The van der Waals surface area contributed by atoms with Gasteiger partial charge >= 0.3 is 12.0 Å². The lowest BCUT2D eigenvalue weighted by molar-refractivity contribution is -0.137. The number of benzene rings is 1. The topological polar surface area (TPSA) is 78.4 Å². The second-order valence-corrected chi connectivity index (χ2v) is 6.66. The fourth-order valence-electron chi connectivity index (χ4n) is 1.57. The van der Waals surface area contributed by atoms with Crippen LogP contribution < -0.4 is 10.6 Å². The zero-order valence-electron chi connectivity index (χ0n) is 12.0. The van der Waals surface area contributed by atoms with Crippen molar-refractivity contribution in [1.82, 2.24) is 5.32 Å². The van der Waals surface area contributed by atoms with E-state index in [2.05, 4.69) is 10.6 Å². The van der Waals surface area contributed by atoms with Crippen molar-refractivity contribution < 1.29 is 14.7 Å². The molecule has 0 atom stereocenters. The molecular formula is C14H19ClN2O3S. The second kappa shape index (κ2) is 8.79. The molecule has 116 valence electrons. The number of hydrogen-bond acceptors (Lipinski definition) is 3. The van der Waals surface area contributed by atoms with E-state index in [1.54, 1.807) is 30.0 Å². The smallest absolute Gasteiger partial charge is 0.319 e. The molecule has 0 fully saturated rings. The minimum absolute atomic E-state index is 0.0336. The van der Waals surface area contributed by atoms with Crippen molar-refractivity contribution in [2.45, 2.75) is 36.8 Å². The van der Waals surface area contributed by atoms with Gasteiger partial charge in [-0.1, -0.05) is 31.5 Å². The fraction of sp³-hybridized carbons (Fsp3) is 0.429. The molecule has 0 radical (unpaired) electrons. The van der Waals surface area contributed by atoms with Gasteiger partial charge in [-0.05, 0) is 18.6 Å². The Bertz CT molecular complexity index is 509. The molecule has 3 N–H and O–H groups in total. The van der Waals surface area contributed by atoms with Crippen LogP contribution in [0.2, 0.25) is 5.02 Å². The molecule has 7 heteroatoms. The summed E-state index contributed by atoms with van der Waals surface area (Å²) >= 11 is 7.73. The van der Waals surface area contributed by atoms with Crippen LogP contribution in [0.1, 0.15) is 26.7 Å². The minimum Gasteiger partial charge on any atom is -0.481 e. The monoisotopic (exact) mass is 330 g/mol. The van der Waals surface area contributed by atoms with Gasteiger partial charge in [0, 0.05) is 23.1 Å². The average Bonchev–Trinajstić information content (AvgIpc) is 2.38. The minimum atomic E-state index is -0.873. The van der Waals surface area contributed by atoms with Crippen molar-refractivity contribution in [1.29, 1.82) is 0 Å². The molecule has 1 aromatic carbocycles. The highest BCUT2D eigenvalue weighted by Crippen LogP contribution is 2.36. The van der Waals surface area contributed by atoms with Crippen LogP contribution in [0.3, 0.4) is 0 Å². The number of carboxylic acids is 1. The van der Waals surface area contributed by atoms with Gasteiger partial charge in [0.25, 0.3) is 0 Å². The highest BCUT2D eigenvalue weighted by Gasteiger charge is 2.12. The van der Waals surface area contributed by atoms with Crippen LogP contribution in [0.15, 0.2) is 23.1 Å². The van der Waals surface area contributed by atoms with E-state index >= 15 is 0 Å². The van der Waals surface area contributed by atoms with Crippen LogP contribution >= 0.6 is 23.4 Å². The van der Waals surface area contributed by atoms with Crippen LogP contribution in [0.5, 0.6) is 0 Å². The van der Waals surface area contributed by atoms with Crippen LogP contribution in [-0.2, 0) is 4.79 Å². The summed E-state index contributed by atoms with van der Waals surface area (Å²) in [5, 5.41) is 14.8. The van der Waals surface area contributed by atoms with Crippen LogP contribution in [0.25, 0.3) is 0 Å². The number of halogens is 1. The number of thioether (sulfide) groups is 1. The van der Waals surface area contributed by atoms with Gasteiger partial charge in [0.1, 0.15) is 0 Å². The number of aliphatic carboxylic acids is 1. The van der Waals surface area contributed by atoms with E-state index in [1.165, 1.54) is 0 Å². The quantitative estimate of drug-likeness (QED) is 0.524. The number of amides is 2. The van der Waals surface area contributed by atoms with E-state index in [9.17, 15) is 9.59 Å². The standard InChI is InChI=1S/C14H19ClN2O3S/c1-9(2)21-13-10(15)5-3-6-11(13)17-14(20)16-8-4-7-12(18)19/h3,5-6,9H,4,7-8H2,1-2H3,(H,18,19)(H2,16,17,20). The van der Waals surface area contributed by atoms with Gasteiger partial charge in [0.05, 0.1) is 10.7 Å². The normalized spacial score (nSPS) is 10.5. The van der Waals surface area contributed by atoms with Crippen LogP contribution in [0.4, 0.5) is 10.5 Å². The van der Waals surface area contributed by atoms with Gasteiger partial charge in [0.15, 0.2) is 0 Å². The van der Waals surface area contributed by atoms with E-state index in [0.717, 1.165) is 4.90 Å². The fourth-order valence-corrected chi connectivity index (χ4v) is 2.78. The lowest BCUT2D eigenvalue weighted by Gasteiger charge is -2.14. The van der Waals surface area contributed by atoms with Gasteiger partial charge in [-0.2, -0.15) is 0 Å². The number of hydrogen-bond donors (Lipinski definition) is 3. The third-order valence-electron chi connectivity index (χ3n) is 2.42. The Morgan fingerprint density at radius 3 is 2.71 bits per heavy atom. The van der Waals surface area contributed by atoms with Crippen LogP contribution in [-0.4, -0.2) is 28.9 Å². The highest BCUT2D eigenvalue weighted by molar-refractivity contribution is 8.00. The van der Waals surface area contributed by atoms with Crippen molar-refractivity contribution in [3.05, 3.63) is 23.2 Å². The predicted octanol–water partition coefficient (Wildman–Crippen LogP) is 3.83. The summed E-state index contributed by atoms with van der Waals surface area (Å²) in [5.74, 6) is -0.873. The molecule has 0 aliphatic rings. The van der Waals surface area contributed by atoms with E-state index < -0.39 is 5.97 Å². The molecule has 0 aliphatic heterocycles. The lowest BCUT2D eigenvalue weighted by Crippen LogP contribution is -2.30. The zero-order chi connectivity index (χ0) is 15.8. The van der Waals surface area contributed by atoms with Crippen molar-refractivity contribution in [2.24, 2.45) is 0 Å². The number of carbonyl (C=O) groups is 2. The first-order valence-electron chi connectivity index (χ1n) is 6.62. The largest absolute Gasteiger partial charge is 0.481 e. The summed E-state index contributed by atoms with van der Waals surface area (Å²) < 4.78 is 0. The summed E-state index contributed by atoms with van der Waals surface area (Å²) in [6.45, 7) is 4.40. The van der Waals surface area contributed by atoms with E-state index in [1.807, 2.05) is 13.8 Å². The molecular weight excluding hydrogens is 312 g/mol. The Morgan fingerprint density at radius 1 is 1.38 bits per heavy atom. The first kappa shape index (κ1) is 17.7. The Hall–Kier alpha value is -1.40. The molecule has 0 saturated heterocycles. The number of anilines is 1. The zero-order valence-corrected chi connectivity index (χ0v) is 13.6. The van der Waals surface area contributed by atoms with Crippen LogP contribution in [0, 0.1) is 0 Å². The number of carbonyl (C=O) groups excluding carboxylic acids is 1. The number of rotatable bonds is 7.